The van der Waals surface area contributed by atoms with E-state index in [4.69, 9.17) is 22.3 Å². The van der Waals surface area contributed by atoms with Crippen molar-refractivity contribution in [2.45, 2.75) is 43.7 Å². The molecule has 1 atom stereocenters. The van der Waals surface area contributed by atoms with Crippen LogP contribution in [0.25, 0.3) is 0 Å². The first-order valence-corrected chi connectivity index (χ1v) is 10.1. The molecule has 2 aromatic carbocycles. The number of aromatic nitrogens is 2. The molecule has 1 aliphatic heterocycles. The summed E-state index contributed by atoms with van der Waals surface area (Å²) in [7, 11) is 0. The van der Waals surface area contributed by atoms with Gasteiger partial charge in [-0.25, -0.2) is 9.98 Å². The molecule has 2 aliphatic rings. The summed E-state index contributed by atoms with van der Waals surface area (Å²) in [6.07, 6.45) is 5.00. The van der Waals surface area contributed by atoms with E-state index in [-0.39, 0.29) is 11.0 Å². The van der Waals surface area contributed by atoms with Crippen LogP contribution in [0.4, 0.5) is 5.95 Å². The van der Waals surface area contributed by atoms with Crippen LogP contribution in [-0.4, -0.2) is 15.3 Å². The van der Waals surface area contributed by atoms with Gasteiger partial charge >= 0.3 is 0 Å². The summed E-state index contributed by atoms with van der Waals surface area (Å²) in [5, 5.41) is 0.616. The second kappa shape index (κ2) is 6.29. The van der Waals surface area contributed by atoms with Crippen LogP contribution in [0.15, 0.2) is 65.8 Å². The van der Waals surface area contributed by atoms with Gasteiger partial charge in [0.1, 0.15) is 5.15 Å². The molecule has 0 amide bonds. The Morgan fingerprint density at radius 3 is 2.36 bits per heavy atom. The van der Waals surface area contributed by atoms with Crippen LogP contribution < -0.4 is 5.73 Å². The smallest absolute Gasteiger partial charge is 0.230 e. The average Bonchev–Trinajstić information content (AvgIpc) is 3.06. The molecule has 5 rings (SSSR count). The van der Waals surface area contributed by atoms with Gasteiger partial charge in [-0.3, -0.25) is 4.57 Å². The van der Waals surface area contributed by atoms with Crippen molar-refractivity contribution in [2.24, 2.45) is 10.7 Å². The van der Waals surface area contributed by atoms with Gasteiger partial charge in [-0.2, -0.15) is 0 Å². The van der Waals surface area contributed by atoms with E-state index in [1.807, 2.05) is 10.6 Å². The fourth-order valence-corrected chi connectivity index (χ4v) is 4.60. The number of fused-ring (bicyclic) bond motifs is 1. The molecule has 5 heteroatoms. The molecular weight excluding hydrogens is 368 g/mol. The van der Waals surface area contributed by atoms with Gasteiger partial charge in [0.25, 0.3) is 0 Å². The average molecular weight is 391 g/mol. The minimum atomic E-state index is -0.309. The summed E-state index contributed by atoms with van der Waals surface area (Å²) < 4.78 is 1.98. The van der Waals surface area contributed by atoms with Gasteiger partial charge in [-0.05, 0) is 42.9 Å². The lowest BCUT2D eigenvalue weighted by molar-refractivity contribution is 0.253. The monoisotopic (exact) mass is 390 g/mol. The predicted molar refractivity (Wildman–Crippen MR) is 113 cm³/mol. The van der Waals surface area contributed by atoms with Crippen LogP contribution in [0, 0.1) is 0 Å². The van der Waals surface area contributed by atoms with Crippen LogP contribution >= 0.6 is 11.6 Å². The van der Waals surface area contributed by atoms with Gasteiger partial charge in [0, 0.05) is 12.1 Å². The quantitative estimate of drug-likeness (QED) is 0.686. The van der Waals surface area contributed by atoms with E-state index >= 15 is 0 Å². The molecule has 3 aromatic rings. The topological polar surface area (TPSA) is 56.2 Å². The number of hydrogen-bond acceptors (Lipinski definition) is 3. The first-order valence-electron chi connectivity index (χ1n) is 9.75. The predicted octanol–water partition coefficient (Wildman–Crippen LogP) is 4.97. The van der Waals surface area contributed by atoms with Gasteiger partial charge in [0.2, 0.25) is 5.95 Å². The number of imidazole rings is 1. The summed E-state index contributed by atoms with van der Waals surface area (Å²) in [5.41, 5.74) is 10.6. The number of rotatable bonds is 3. The number of halogens is 1. The minimum absolute atomic E-state index is 0.153. The van der Waals surface area contributed by atoms with E-state index < -0.39 is 0 Å². The Morgan fingerprint density at radius 2 is 1.71 bits per heavy atom. The van der Waals surface area contributed by atoms with Crippen LogP contribution in [0.5, 0.6) is 0 Å². The van der Waals surface area contributed by atoms with Crippen LogP contribution in [0.2, 0.25) is 5.15 Å². The summed E-state index contributed by atoms with van der Waals surface area (Å²) in [6.45, 7) is 2.93. The second-order valence-electron chi connectivity index (χ2n) is 8.21. The van der Waals surface area contributed by atoms with Gasteiger partial charge in [0.15, 0.2) is 0 Å². The summed E-state index contributed by atoms with van der Waals surface area (Å²) >= 11 is 6.38. The van der Waals surface area contributed by atoms with Gasteiger partial charge < -0.3 is 5.73 Å². The van der Waals surface area contributed by atoms with Crippen molar-refractivity contribution >= 4 is 23.3 Å². The lowest BCUT2D eigenvalue weighted by Gasteiger charge is -2.39. The third-order valence-electron chi connectivity index (χ3n) is 6.38. The molecular formula is C23H23ClN4. The molecule has 142 valence electrons. The normalized spacial score (nSPS) is 22.9. The molecule has 2 N–H and O–H groups in total. The fourth-order valence-electron chi connectivity index (χ4n) is 4.42. The first kappa shape index (κ1) is 17.7. The maximum absolute atomic E-state index is 6.50. The molecule has 1 saturated carbocycles. The summed E-state index contributed by atoms with van der Waals surface area (Å²) in [4.78, 5) is 9.34. The maximum atomic E-state index is 6.50. The van der Waals surface area contributed by atoms with Crippen molar-refractivity contribution in [2.75, 3.05) is 0 Å². The Kier molecular flexibility index (Phi) is 3.97. The zero-order valence-corrected chi connectivity index (χ0v) is 16.7. The molecule has 1 aliphatic carbocycles. The minimum Gasteiger partial charge on any atom is -0.321 e. The number of nitrogens with zero attached hydrogens (tertiary/aromatic N) is 3. The Bertz CT molecular complexity index is 1050. The maximum Gasteiger partial charge on any atom is 0.230 e. The molecule has 4 nitrogen and oxygen atoms in total. The third-order valence-corrected chi connectivity index (χ3v) is 6.69. The van der Waals surface area contributed by atoms with Crippen molar-refractivity contribution in [1.82, 2.24) is 9.55 Å². The largest absolute Gasteiger partial charge is 0.321 e. The molecule has 0 radical (unpaired) electrons. The van der Waals surface area contributed by atoms with Crippen molar-refractivity contribution in [3.63, 3.8) is 0 Å². The lowest BCUT2D eigenvalue weighted by atomic mass is 9.71. The molecule has 1 unspecified atom stereocenters. The van der Waals surface area contributed by atoms with Crippen molar-refractivity contribution in [1.29, 1.82) is 0 Å². The van der Waals surface area contributed by atoms with E-state index in [1.165, 1.54) is 17.5 Å². The highest BCUT2D eigenvalue weighted by Gasteiger charge is 2.39. The first-order chi connectivity index (χ1) is 13.5. The Labute approximate surface area is 170 Å². The van der Waals surface area contributed by atoms with Crippen molar-refractivity contribution in [3.05, 3.63) is 82.6 Å². The van der Waals surface area contributed by atoms with Crippen molar-refractivity contribution in [3.8, 4) is 0 Å². The van der Waals surface area contributed by atoms with E-state index in [9.17, 15) is 0 Å². The molecule has 28 heavy (non-hydrogen) atoms. The highest BCUT2D eigenvalue weighted by Crippen LogP contribution is 2.41. The van der Waals surface area contributed by atoms with Crippen LogP contribution in [-0.2, 0) is 17.5 Å². The van der Waals surface area contributed by atoms with Crippen LogP contribution in [0.3, 0.4) is 0 Å². The Hall–Kier alpha value is -2.43. The van der Waals surface area contributed by atoms with Gasteiger partial charge in [0.05, 0.1) is 17.3 Å². The third kappa shape index (κ3) is 2.63. The summed E-state index contributed by atoms with van der Waals surface area (Å²) in [5.74, 6) is 0.659. The fraction of sp³-hybridized carbons (Fsp3) is 0.304. The molecule has 0 spiro atoms. The number of aliphatic imine (C=N–C) groups is 1. The van der Waals surface area contributed by atoms with Crippen molar-refractivity contribution < 1.29 is 0 Å². The highest BCUT2D eigenvalue weighted by atomic mass is 35.5. The van der Waals surface area contributed by atoms with Crippen LogP contribution in [0.1, 0.15) is 42.9 Å². The molecule has 2 heterocycles. The zero-order valence-electron chi connectivity index (χ0n) is 15.9. The second-order valence-corrected chi connectivity index (χ2v) is 8.60. The van der Waals surface area contributed by atoms with Gasteiger partial charge in [-0.1, -0.05) is 66.2 Å². The number of hydrogen-bond donors (Lipinski definition) is 1. The standard InChI is InChI=1S/C23H23ClN4/c1-22(17-6-3-2-4-7-17)15-28-19(24)14-26-21(28)27-20(22)16-8-10-18(11-9-16)23(25)12-5-13-23/h2-4,6-11,14H,5,12-13,15,25H2,1H3. The molecule has 1 aromatic heterocycles. The van der Waals surface area contributed by atoms with Gasteiger partial charge in [-0.15, -0.1) is 0 Å². The molecule has 0 saturated heterocycles. The lowest BCUT2D eigenvalue weighted by Crippen LogP contribution is -2.43. The SMILES string of the molecule is CC1(c2ccccc2)Cn2c(Cl)cnc2N=C1c1ccc(C2(N)CCC2)cc1. The number of benzene rings is 2. The zero-order chi connectivity index (χ0) is 19.4. The highest BCUT2D eigenvalue weighted by molar-refractivity contribution is 6.29. The molecule has 1 fully saturated rings. The molecule has 0 bridgehead atoms. The Balaban J connectivity index is 1.63. The number of nitrogens with two attached hydrogens (primary N) is 1. The summed E-state index contributed by atoms with van der Waals surface area (Å²) in [6, 6.07) is 19.1. The van der Waals surface area contributed by atoms with E-state index in [1.54, 1.807) is 6.20 Å². The van der Waals surface area contributed by atoms with E-state index in [0.717, 1.165) is 24.1 Å². The Morgan fingerprint density at radius 1 is 1.00 bits per heavy atom. The van der Waals surface area contributed by atoms with E-state index in [0.29, 0.717) is 17.6 Å². The van der Waals surface area contributed by atoms with E-state index in [2.05, 4.69) is 60.4 Å².